The Bertz CT molecular complexity index is 438. The van der Waals surface area contributed by atoms with E-state index < -0.39 is 0 Å². The number of rotatable bonds is 2. The number of nitriles is 1. The molecule has 3 atom stereocenters. The summed E-state index contributed by atoms with van der Waals surface area (Å²) >= 11 is 0. The number of nitrogens with zero attached hydrogens (tertiary/aromatic N) is 2. The summed E-state index contributed by atoms with van der Waals surface area (Å²) in [6.07, 6.45) is 3.02. The van der Waals surface area contributed by atoms with Gasteiger partial charge < -0.3 is 4.74 Å². The average molecular weight is 256 g/mol. The summed E-state index contributed by atoms with van der Waals surface area (Å²) in [4.78, 5) is 2.57. The van der Waals surface area contributed by atoms with Crippen LogP contribution in [-0.4, -0.2) is 30.2 Å². The van der Waals surface area contributed by atoms with Crippen LogP contribution in [0.25, 0.3) is 0 Å². The Balaban J connectivity index is 1.78. The molecule has 3 rings (SSSR count). The van der Waals surface area contributed by atoms with Gasteiger partial charge in [0.25, 0.3) is 0 Å². The molecule has 2 bridgehead atoms. The average Bonchev–Trinajstić information content (AvgIpc) is 2.57. The number of hydrogen-bond donors (Lipinski definition) is 0. The topological polar surface area (TPSA) is 36.3 Å². The van der Waals surface area contributed by atoms with Gasteiger partial charge >= 0.3 is 0 Å². The summed E-state index contributed by atoms with van der Waals surface area (Å²) in [5.41, 5.74) is 1.36. The predicted molar refractivity (Wildman–Crippen MR) is 73.3 cm³/mol. The van der Waals surface area contributed by atoms with E-state index in [9.17, 15) is 5.26 Å². The number of ether oxygens (including phenoxy) is 1. The first kappa shape index (κ1) is 12.7. The molecule has 0 spiro atoms. The molecule has 3 heteroatoms. The maximum Gasteiger partial charge on any atom is 0.0657 e. The maximum atomic E-state index is 9.20. The van der Waals surface area contributed by atoms with Gasteiger partial charge in [-0.1, -0.05) is 30.3 Å². The molecule has 2 fully saturated rings. The molecule has 2 aliphatic rings. The first-order valence-electron chi connectivity index (χ1n) is 7.14. The molecule has 1 aromatic rings. The van der Waals surface area contributed by atoms with Gasteiger partial charge in [-0.25, -0.2) is 0 Å². The normalized spacial score (nSPS) is 31.4. The third-order valence-electron chi connectivity index (χ3n) is 4.35. The zero-order valence-electron chi connectivity index (χ0n) is 11.2. The molecule has 1 aromatic carbocycles. The highest BCUT2D eigenvalue weighted by Crippen LogP contribution is 2.32. The molecule has 0 aromatic heterocycles. The minimum atomic E-state index is 0.212. The Kier molecular flexibility index (Phi) is 3.82. The molecule has 3 nitrogen and oxygen atoms in total. The van der Waals surface area contributed by atoms with Crippen LogP contribution in [0, 0.1) is 17.2 Å². The molecule has 100 valence electrons. The molecule has 19 heavy (non-hydrogen) atoms. The van der Waals surface area contributed by atoms with Gasteiger partial charge in [0.05, 0.1) is 12.7 Å². The fourth-order valence-electron chi connectivity index (χ4n) is 3.37. The number of piperidine rings is 1. The Hall–Kier alpha value is -1.37. The van der Waals surface area contributed by atoms with Crippen LogP contribution in [0.1, 0.15) is 24.8 Å². The maximum absolute atomic E-state index is 9.20. The summed E-state index contributed by atoms with van der Waals surface area (Å²) in [5.74, 6) is 0.212. The van der Waals surface area contributed by atoms with Gasteiger partial charge in [-0.15, -0.1) is 0 Å². The highest BCUT2D eigenvalue weighted by molar-refractivity contribution is 5.15. The second-order valence-corrected chi connectivity index (χ2v) is 5.63. The second kappa shape index (κ2) is 5.73. The van der Waals surface area contributed by atoms with Gasteiger partial charge in [-0.3, -0.25) is 4.90 Å². The molecule has 3 unspecified atom stereocenters. The predicted octanol–water partition coefficient (Wildman–Crippen LogP) is 2.58. The van der Waals surface area contributed by atoms with Gasteiger partial charge in [-0.2, -0.15) is 5.26 Å². The largest absolute Gasteiger partial charge is 0.380 e. The zero-order valence-corrected chi connectivity index (χ0v) is 11.2. The Morgan fingerprint density at radius 2 is 2.00 bits per heavy atom. The molecule has 2 heterocycles. The molecule has 2 aliphatic heterocycles. The lowest BCUT2D eigenvalue weighted by molar-refractivity contribution is 0.0425. The van der Waals surface area contributed by atoms with Crippen LogP contribution in [0.15, 0.2) is 30.3 Å². The second-order valence-electron chi connectivity index (χ2n) is 5.63. The Morgan fingerprint density at radius 3 is 2.79 bits per heavy atom. The Morgan fingerprint density at radius 1 is 1.21 bits per heavy atom. The monoisotopic (exact) mass is 256 g/mol. The van der Waals surface area contributed by atoms with E-state index in [-0.39, 0.29) is 5.92 Å². The fourth-order valence-corrected chi connectivity index (χ4v) is 3.37. The third kappa shape index (κ3) is 2.80. The van der Waals surface area contributed by atoms with Crippen molar-refractivity contribution in [3.63, 3.8) is 0 Å². The molecular weight excluding hydrogens is 236 g/mol. The quantitative estimate of drug-likeness (QED) is 0.816. The summed E-state index contributed by atoms with van der Waals surface area (Å²) in [5, 5.41) is 9.20. The zero-order chi connectivity index (χ0) is 13.1. The van der Waals surface area contributed by atoms with E-state index in [1.807, 2.05) is 0 Å². The van der Waals surface area contributed by atoms with Crippen LogP contribution in [0.5, 0.6) is 0 Å². The van der Waals surface area contributed by atoms with Crippen molar-refractivity contribution in [2.45, 2.75) is 37.9 Å². The van der Waals surface area contributed by atoms with E-state index in [0.717, 1.165) is 39.0 Å². The van der Waals surface area contributed by atoms with Gasteiger partial charge in [0.15, 0.2) is 0 Å². The van der Waals surface area contributed by atoms with Crippen LogP contribution in [-0.2, 0) is 11.3 Å². The highest BCUT2D eigenvalue weighted by Gasteiger charge is 2.37. The van der Waals surface area contributed by atoms with Gasteiger partial charge in [-0.05, 0) is 24.8 Å². The van der Waals surface area contributed by atoms with Crippen molar-refractivity contribution in [3.05, 3.63) is 35.9 Å². The van der Waals surface area contributed by atoms with Gasteiger partial charge in [0.2, 0.25) is 0 Å². The molecule has 0 aliphatic carbocycles. The van der Waals surface area contributed by atoms with Crippen LogP contribution in [0.4, 0.5) is 0 Å². The van der Waals surface area contributed by atoms with Crippen LogP contribution < -0.4 is 0 Å². The molecule has 0 radical (unpaired) electrons. The van der Waals surface area contributed by atoms with Crippen molar-refractivity contribution in [2.24, 2.45) is 5.92 Å². The number of benzene rings is 1. The van der Waals surface area contributed by atoms with Gasteiger partial charge in [0.1, 0.15) is 0 Å². The fraction of sp³-hybridized carbons (Fsp3) is 0.562. The number of hydrogen-bond acceptors (Lipinski definition) is 3. The third-order valence-corrected chi connectivity index (χ3v) is 4.35. The van der Waals surface area contributed by atoms with Crippen LogP contribution in [0.2, 0.25) is 0 Å². The van der Waals surface area contributed by atoms with Crippen molar-refractivity contribution in [1.29, 1.82) is 5.26 Å². The molecule has 0 amide bonds. The minimum Gasteiger partial charge on any atom is -0.380 e. The van der Waals surface area contributed by atoms with E-state index >= 15 is 0 Å². The highest BCUT2D eigenvalue weighted by atomic mass is 16.5. The molecule has 0 N–H and O–H groups in total. The molecular formula is C16H20N2O. The molecule has 2 saturated heterocycles. The number of fused-ring (bicyclic) bond motifs is 2. The van der Waals surface area contributed by atoms with E-state index in [1.54, 1.807) is 0 Å². The van der Waals surface area contributed by atoms with Crippen LogP contribution >= 0.6 is 0 Å². The van der Waals surface area contributed by atoms with Gasteiger partial charge in [0, 0.05) is 31.2 Å². The SMILES string of the molecule is N#CC1CC2CCOCC(C1)N2Cc1ccccc1. The summed E-state index contributed by atoms with van der Waals surface area (Å²) < 4.78 is 5.72. The van der Waals surface area contributed by atoms with Crippen molar-refractivity contribution in [1.82, 2.24) is 4.90 Å². The van der Waals surface area contributed by atoms with Crippen molar-refractivity contribution >= 4 is 0 Å². The lowest BCUT2D eigenvalue weighted by atomic mass is 9.86. The standard InChI is InChI=1S/C16H20N2O/c17-10-14-8-15-6-7-19-12-16(9-14)18(15)11-13-4-2-1-3-5-13/h1-5,14-16H,6-9,11-12H2. The molecule has 0 saturated carbocycles. The minimum absolute atomic E-state index is 0.212. The van der Waals surface area contributed by atoms with E-state index in [0.29, 0.717) is 12.1 Å². The lowest BCUT2D eigenvalue weighted by Gasteiger charge is -2.41. The summed E-state index contributed by atoms with van der Waals surface area (Å²) in [6, 6.07) is 14.0. The summed E-state index contributed by atoms with van der Waals surface area (Å²) in [6.45, 7) is 2.60. The van der Waals surface area contributed by atoms with E-state index in [1.165, 1.54) is 5.56 Å². The van der Waals surface area contributed by atoms with E-state index in [4.69, 9.17) is 4.74 Å². The van der Waals surface area contributed by atoms with Crippen molar-refractivity contribution in [3.8, 4) is 6.07 Å². The van der Waals surface area contributed by atoms with Crippen molar-refractivity contribution < 1.29 is 4.74 Å². The van der Waals surface area contributed by atoms with Crippen LogP contribution in [0.3, 0.4) is 0 Å². The first-order valence-corrected chi connectivity index (χ1v) is 7.14. The summed E-state index contributed by atoms with van der Waals surface area (Å²) in [7, 11) is 0. The Labute approximate surface area is 114 Å². The lowest BCUT2D eigenvalue weighted by Crippen LogP contribution is -2.48. The first-order chi connectivity index (χ1) is 9.36. The smallest absolute Gasteiger partial charge is 0.0657 e. The van der Waals surface area contributed by atoms with Crippen molar-refractivity contribution in [2.75, 3.05) is 13.2 Å². The van der Waals surface area contributed by atoms with E-state index in [2.05, 4.69) is 41.3 Å².